The van der Waals surface area contributed by atoms with E-state index in [0.29, 0.717) is 28.8 Å². The monoisotopic (exact) mass is 297 g/mol. The highest BCUT2D eigenvalue weighted by molar-refractivity contribution is 7.99. The summed E-state index contributed by atoms with van der Waals surface area (Å²) >= 11 is 0.492. The standard InChI is InChI=1S/C14H13F2NO2S/c15-14(16)20-11-6-4-10(5-7-11)17-8-9-2-1-3-12(18)13(9)19/h1-7,14,17-19H,8H2. The van der Waals surface area contributed by atoms with Crippen molar-refractivity contribution in [3.63, 3.8) is 0 Å². The first kappa shape index (κ1) is 14.5. The van der Waals surface area contributed by atoms with Gasteiger partial charge in [0.25, 0.3) is 5.76 Å². The van der Waals surface area contributed by atoms with E-state index in [1.165, 1.54) is 6.07 Å². The molecule has 0 spiro atoms. The van der Waals surface area contributed by atoms with Gasteiger partial charge in [-0.3, -0.25) is 0 Å². The van der Waals surface area contributed by atoms with Gasteiger partial charge in [0.1, 0.15) is 0 Å². The van der Waals surface area contributed by atoms with E-state index in [0.717, 1.165) is 5.69 Å². The predicted molar refractivity (Wildman–Crippen MR) is 75.4 cm³/mol. The van der Waals surface area contributed by atoms with Gasteiger partial charge >= 0.3 is 0 Å². The number of rotatable bonds is 5. The van der Waals surface area contributed by atoms with Gasteiger partial charge in [-0.15, -0.1) is 0 Å². The van der Waals surface area contributed by atoms with Gasteiger partial charge in [-0.25, -0.2) is 0 Å². The third-order valence-corrected chi connectivity index (χ3v) is 3.38. The fraction of sp³-hybridized carbons (Fsp3) is 0.143. The molecular formula is C14H13F2NO2S. The highest BCUT2D eigenvalue weighted by Crippen LogP contribution is 2.29. The van der Waals surface area contributed by atoms with Crippen LogP contribution in [0.15, 0.2) is 47.4 Å². The lowest BCUT2D eigenvalue weighted by molar-refractivity contribution is 0.252. The van der Waals surface area contributed by atoms with Crippen LogP contribution in [0.4, 0.5) is 14.5 Å². The fourth-order valence-corrected chi connectivity index (χ4v) is 2.17. The number of hydrogen-bond donors (Lipinski definition) is 3. The maximum absolute atomic E-state index is 12.2. The molecule has 0 aliphatic rings. The molecule has 2 rings (SSSR count). The fourth-order valence-electron chi connectivity index (χ4n) is 1.67. The molecule has 2 aromatic carbocycles. The molecule has 0 aromatic heterocycles. The number of alkyl halides is 2. The normalized spacial score (nSPS) is 10.8. The van der Waals surface area contributed by atoms with Crippen LogP contribution < -0.4 is 5.32 Å². The minimum Gasteiger partial charge on any atom is -0.504 e. The van der Waals surface area contributed by atoms with Gasteiger partial charge in [-0.2, -0.15) is 8.78 Å². The molecular weight excluding hydrogens is 284 g/mol. The number of hydrogen-bond acceptors (Lipinski definition) is 4. The summed E-state index contributed by atoms with van der Waals surface area (Å²) in [5.74, 6) is -2.77. The molecule has 3 nitrogen and oxygen atoms in total. The summed E-state index contributed by atoms with van der Waals surface area (Å²) in [6.07, 6.45) is 0. The highest BCUT2D eigenvalue weighted by atomic mass is 32.2. The summed E-state index contributed by atoms with van der Waals surface area (Å²) in [6, 6.07) is 11.3. The Morgan fingerprint density at radius 2 is 1.75 bits per heavy atom. The number of anilines is 1. The lowest BCUT2D eigenvalue weighted by Gasteiger charge is -2.09. The number of phenolic OH excluding ortho intramolecular Hbond substituents is 2. The first-order valence-electron chi connectivity index (χ1n) is 5.85. The molecule has 0 unspecified atom stereocenters. The molecule has 0 fully saturated rings. The van der Waals surface area contributed by atoms with E-state index < -0.39 is 5.76 Å². The van der Waals surface area contributed by atoms with Crippen LogP contribution >= 0.6 is 11.8 Å². The zero-order valence-corrected chi connectivity index (χ0v) is 11.2. The van der Waals surface area contributed by atoms with Gasteiger partial charge in [0, 0.05) is 22.7 Å². The molecule has 0 radical (unpaired) electrons. The molecule has 3 N–H and O–H groups in total. The maximum atomic E-state index is 12.2. The van der Waals surface area contributed by atoms with Crippen molar-refractivity contribution in [2.24, 2.45) is 0 Å². The molecule has 0 saturated carbocycles. The molecule has 0 heterocycles. The topological polar surface area (TPSA) is 52.5 Å². The smallest absolute Gasteiger partial charge is 0.288 e. The van der Waals surface area contributed by atoms with Crippen molar-refractivity contribution < 1.29 is 19.0 Å². The largest absolute Gasteiger partial charge is 0.504 e. The summed E-state index contributed by atoms with van der Waals surface area (Å²) in [7, 11) is 0. The van der Waals surface area contributed by atoms with E-state index in [4.69, 9.17) is 0 Å². The second-order valence-corrected chi connectivity index (χ2v) is 5.10. The van der Waals surface area contributed by atoms with Crippen LogP contribution in [0.2, 0.25) is 0 Å². The Hall–Kier alpha value is -1.95. The first-order valence-corrected chi connectivity index (χ1v) is 6.73. The van der Waals surface area contributed by atoms with Crippen LogP contribution in [-0.4, -0.2) is 16.0 Å². The zero-order valence-electron chi connectivity index (χ0n) is 10.4. The Kier molecular flexibility index (Phi) is 4.68. The summed E-state index contributed by atoms with van der Waals surface area (Å²) in [5.41, 5.74) is 1.29. The summed E-state index contributed by atoms with van der Waals surface area (Å²) in [4.78, 5) is 0.491. The number of phenols is 2. The van der Waals surface area contributed by atoms with Crippen LogP contribution in [0.5, 0.6) is 11.5 Å². The molecule has 0 bridgehead atoms. The predicted octanol–water partition coefficient (Wildman–Crippen LogP) is 4.02. The van der Waals surface area contributed by atoms with Crippen LogP contribution in [0.3, 0.4) is 0 Å². The third kappa shape index (κ3) is 3.77. The van der Waals surface area contributed by atoms with Gasteiger partial charge < -0.3 is 15.5 Å². The van der Waals surface area contributed by atoms with Crippen LogP contribution in [0.1, 0.15) is 5.56 Å². The summed E-state index contributed by atoms with van der Waals surface area (Å²) in [5, 5.41) is 22.0. The summed E-state index contributed by atoms with van der Waals surface area (Å²) < 4.78 is 24.3. The Morgan fingerprint density at radius 1 is 1.05 bits per heavy atom. The molecule has 106 valence electrons. The average molecular weight is 297 g/mol. The van der Waals surface area contributed by atoms with Gasteiger partial charge in [0.15, 0.2) is 11.5 Å². The molecule has 0 saturated heterocycles. The first-order chi connectivity index (χ1) is 9.56. The number of thioether (sulfide) groups is 1. The number of aromatic hydroxyl groups is 2. The van der Waals surface area contributed by atoms with Crippen molar-refractivity contribution in [1.29, 1.82) is 0 Å². The van der Waals surface area contributed by atoms with Gasteiger partial charge in [0.2, 0.25) is 0 Å². The van der Waals surface area contributed by atoms with Crippen molar-refractivity contribution in [3.8, 4) is 11.5 Å². The Balaban J connectivity index is 1.99. The van der Waals surface area contributed by atoms with E-state index in [1.54, 1.807) is 36.4 Å². The van der Waals surface area contributed by atoms with E-state index in [9.17, 15) is 19.0 Å². The van der Waals surface area contributed by atoms with Crippen LogP contribution in [0, 0.1) is 0 Å². The molecule has 20 heavy (non-hydrogen) atoms. The second-order valence-electron chi connectivity index (χ2n) is 4.04. The number of halogens is 2. The third-order valence-electron chi connectivity index (χ3n) is 2.66. The van der Waals surface area contributed by atoms with Crippen molar-refractivity contribution >= 4 is 17.4 Å². The molecule has 2 aromatic rings. The molecule has 0 aliphatic carbocycles. The van der Waals surface area contributed by atoms with Crippen molar-refractivity contribution in [2.75, 3.05) is 5.32 Å². The lowest BCUT2D eigenvalue weighted by Crippen LogP contribution is -1.99. The second kappa shape index (κ2) is 6.47. The van der Waals surface area contributed by atoms with Crippen LogP contribution in [-0.2, 0) is 6.54 Å². The average Bonchev–Trinajstić information content (AvgIpc) is 2.41. The highest BCUT2D eigenvalue weighted by Gasteiger charge is 2.06. The lowest BCUT2D eigenvalue weighted by atomic mass is 10.2. The molecule has 0 atom stereocenters. The van der Waals surface area contributed by atoms with Crippen molar-refractivity contribution in [1.82, 2.24) is 0 Å². The van der Waals surface area contributed by atoms with E-state index in [-0.39, 0.29) is 11.5 Å². The molecule has 6 heteroatoms. The Labute approximate surface area is 119 Å². The number of nitrogens with one attached hydrogen (secondary N) is 1. The minimum atomic E-state index is -2.43. The number of benzene rings is 2. The summed E-state index contributed by atoms with van der Waals surface area (Å²) in [6.45, 7) is 0.321. The van der Waals surface area contributed by atoms with Crippen molar-refractivity contribution in [2.45, 2.75) is 17.2 Å². The van der Waals surface area contributed by atoms with Crippen molar-refractivity contribution in [3.05, 3.63) is 48.0 Å². The Bertz CT molecular complexity index is 576. The van der Waals surface area contributed by atoms with E-state index in [2.05, 4.69) is 5.32 Å². The van der Waals surface area contributed by atoms with Crippen LogP contribution in [0.25, 0.3) is 0 Å². The van der Waals surface area contributed by atoms with Gasteiger partial charge in [0.05, 0.1) is 0 Å². The van der Waals surface area contributed by atoms with Gasteiger partial charge in [-0.1, -0.05) is 23.9 Å². The molecule has 0 amide bonds. The number of para-hydroxylation sites is 1. The minimum absolute atomic E-state index is 0.162. The van der Waals surface area contributed by atoms with Gasteiger partial charge in [-0.05, 0) is 30.3 Å². The van der Waals surface area contributed by atoms with E-state index in [1.807, 2.05) is 0 Å². The maximum Gasteiger partial charge on any atom is 0.288 e. The van der Waals surface area contributed by atoms with E-state index >= 15 is 0 Å². The Morgan fingerprint density at radius 3 is 2.40 bits per heavy atom. The quantitative estimate of drug-likeness (QED) is 0.576. The molecule has 0 aliphatic heterocycles. The SMILES string of the molecule is Oc1cccc(CNc2ccc(SC(F)F)cc2)c1O. The zero-order chi connectivity index (χ0) is 14.5.